The van der Waals surface area contributed by atoms with Crippen LogP contribution in [-0.2, 0) is 9.68 Å². The highest BCUT2D eigenvalue weighted by atomic mass is 16.9. The van der Waals surface area contributed by atoms with Crippen molar-refractivity contribution < 1.29 is 19.5 Å². The molecule has 0 rings (SSSR count). The summed E-state index contributed by atoms with van der Waals surface area (Å²) in [5.74, 6) is 27.4. The van der Waals surface area contributed by atoms with Gasteiger partial charge in [0.2, 0.25) is 0 Å². The lowest BCUT2D eigenvalue weighted by molar-refractivity contribution is -1.25. The Kier molecular flexibility index (Phi) is 4.05. The van der Waals surface area contributed by atoms with E-state index < -0.39 is 21.2 Å². The Morgan fingerprint density at radius 2 is 1.12 bits per heavy atom. The summed E-state index contributed by atoms with van der Waals surface area (Å²) in [5.41, 5.74) is -1.82. The minimum Gasteiger partial charge on any atom is -0.153 e. The van der Waals surface area contributed by atoms with Gasteiger partial charge in [-0.3, -0.25) is 0 Å². The molecule has 0 unspecified atom stereocenters. The first-order valence-corrected chi connectivity index (χ1v) is 4.79. The van der Waals surface area contributed by atoms with E-state index in [4.69, 9.17) is 38.9 Å². The standard InChI is InChI=1S/C7H25N7O2/c1-6(2,3)15-13(8,9)7(4,5)16-14(10,11)12/h8-12H2,1-5H3/q+2. The molecule has 0 aliphatic heterocycles. The summed E-state index contributed by atoms with van der Waals surface area (Å²) in [7, 11) is 0. The molecule has 0 saturated heterocycles. The van der Waals surface area contributed by atoms with Crippen molar-refractivity contribution in [2.75, 3.05) is 0 Å². The SMILES string of the molecule is CC(C)(C)O[N+](N)(N)C(C)(C)O[N+](N)(N)N. The first-order valence-electron chi connectivity index (χ1n) is 4.79. The number of quaternary nitrogens is 2. The highest BCUT2D eigenvalue weighted by molar-refractivity contribution is 4.56. The summed E-state index contributed by atoms with van der Waals surface area (Å²) in [6.45, 7) is 8.50. The number of nitrogens with two attached hydrogens (primary N) is 5. The minimum atomic E-state index is -1.24. The van der Waals surface area contributed by atoms with Crippen LogP contribution in [-0.4, -0.2) is 21.2 Å². The summed E-state index contributed by atoms with van der Waals surface area (Å²) >= 11 is 0. The summed E-state index contributed by atoms with van der Waals surface area (Å²) in [6.07, 6.45) is 0. The van der Waals surface area contributed by atoms with Gasteiger partial charge in [0.05, 0.1) is 0 Å². The molecular weight excluding hydrogens is 214 g/mol. The topological polar surface area (TPSA) is 149 Å². The highest BCUT2D eigenvalue weighted by Gasteiger charge is 2.52. The van der Waals surface area contributed by atoms with E-state index in [2.05, 4.69) is 0 Å². The minimum absolute atomic E-state index is 0.572. The van der Waals surface area contributed by atoms with Gasteiger partial charge in [0, 0.05) is 18.8 Å². The number of hydrogen-bond acceptors (Lipinski definition) is 7. The second-order valence-electron chi connectivity index (χ2n) is 5.21. The predicted molar refractivity (Wildman–Crippen MR) is 57.5 cm³/mol. The molecule has 9 heteroatoms. The molecule has 0 spiro atoms. The van der Waals surface area contributed by atoms with E-state index >= 15 is 0 Å². The van der Waals surface area contributed by atoms with Gasteiger partial charge in [0.1, 0.15) is 5.60 Å². The molecular formula is C7H25N7O2+2. The van der Waals surface area contributed by atoms with Gasteiger partial charge in [-0.25, -0.2) is 0 Å². The third kappa shape index (κ3) is 5.12. The molecule has 0 aliphatic carbocycles. The Morgan fingerprint density at radius 1 is 0.750 bits per heavy atom. The van der Waals surface area contributed by atoms with Crippen molar-refractivity contribution in [1.82, 2.24) is 0 Å². The van der Waals surface area contributed by atoms with E-state index in [1.54, 1.807) is 34.6 Å². The van der Waals surface area contributed by atoms with Gasteiger partial charge in [-0.15, -0.1) is 29.2 Å². The molecule has 0 atom stereocenters. The number of hydrogen-bond donors (Lipinski definition) is 5. The third-order valence-electron chi connectivity index (χ3n) is 1.65. The van der Waals surface area contributed by atoms with Gasteiger partial charge in [-0.1, -0.05) is 4.84 Å². The molecule has 0 aliphatic rings. The van der Waals surface area contributed by atoms with Gasteiger partial charge in [0.15, 0.2) is 0 Å². The Balaban J connectivity index is 4.85. The maximum atomic E-state index is 5.78. The van der Waals surface area contributed by atoms with Crippen molar-refractivity contribution in [1.29, 1.82) is 0 Å². The van der Waals surface area contributed by atoms with Crippen LogP contribution in [0.1, 0.15) is 34.6 Å². The maximum absolute atomic E-state index is 5.78. The summed E-state index contributed by atoms with van der Waals surface area (Å²) in [6, 6.07) is 0. The second-order valence-corrected chi connectivity index (χ2v) is 5.21. The molecule has 10 N–H and O–H groups in total. The summed E-state index contributed by atoms with van der Waals surface area (Å²) in [5, 5.41) is 0. The molecule has 0 radical (unpaired) electrons. The van der Waals surface area contributed by atoms with Crippen LogP contribution in [0.3, 0.4) is 0 Å². The van der Waals surface area contributed by atoms with Gasteiger partial charge in [-0.2, -0.15) is 4.84 Å². The molecule has 0 aromatic carbocycles. The fraction of sp³-hybridized carbons (Fsp3) is 1.00. The van der Waals surface area contributed by atoms with Crippen molar-refractivity contribution in [3.05, 3.63) is 0 Å². The van der Waals surface area contributed by atoms with E-state index in [-0.39, 0.29) is 0 Å². The molecule has 0 fully saturated rings. The Bertz CT molecular complexity index is 214. The lowest BCUT2D eigenvalue weighted by Crippen LogP contribution is -2.79. The molecule has 0 bridgehead atoms. The molecule has 0 saturated carbocycles. The van der Waals surface area contributed by atoms with Crippen molar-refractivity contribution in [2.45, 2.75) is 45.9 Å². The summed E-state index contributed by atoms with van der Waals surface area (Å²) < 4.78 is 0. The number of nitrogens with zero attached hydrogens (tertiary/aromatic N) is 2. The predicted octanol–water partition coefficient (Wildman–Crippen LogP) is -1.61. The first kappa shape index (κ1) is 15.6. The zero-order chi connectivity index (χ0) is 13.4. The van der Waals surface area contributed by atoms with Crippen molar-refractivity contribution >= 4 is 0 Å². The fourth-order valence-electron chi connectivity index (χ4n) is 1.01. The van der Waals surface area contributed by atoms with Gasteiger partial charge in [0.25, 0.3) is 0 Å². The van der Waals surface area contributed by atoms with Crippen LogP contribution in [0.5, 0.6) is 0 Å². The largest absolute Gasteiger partial charge is 0.320 e. The van der Waals surface area contributed by atoms with Crippen LogP contribution in [0, 0.1) is 0 Å². The van der Waals surface area contributed by atoms with Crippen LogP contribution in [0.25, 0.3) is 0 Å². The van der Waals surface area contributed by atoms with E-state index in [1.807, 2.05) is 0 Å². The zero-order valence-electron chi connectivity index (χ0n) is 10.6. The lowest BCUT2D eigenvalue weighted by atomic mass is 10.2. The fourth-order valence-corrected chi connectivity index (χ4v) is 1.01. The van der Waals surface area contributed by atoms with Gasteiger partial charge >= 0.3 is 5.72 Å². The van der Waals surface area contributed by atoms with Crippen LogP contribution in [0.15, 0.2) is 0 Å². The quantitative estimate of drug-likeness (QED) is 0.171. The molecule has 0 heterocycles. The normalized spacial score (nSPS) is 15.4. The first-order chi connectivity index (χ1) is 6.66. The maximum Gasteiger partial charge on any atom is 0.320 e. The number of rotatable bonds is 4. The smallest absolute Gasteiger partial charge is 0.153 e. The van der Waals surface area contributed by atoms with Crippen molar-refractivity contribution in [3.8, 4) is 0 Å². The Morgan fingerprint density at radius 3 is 1.38 bits per heavy atom. The summed E-state index contributed by atoms with van der Waals surface area (Å²) in [4.78, 5) is 8.43. The monoisotopic (exact) mass is 239 g/mol. The van der Waals surface area contributed by atoms with E-state index in [1.165, 1.54) is 0 Å². The van der Waals surface area contributed by atoms with Crippen LogP contribution >= 0.6 is 0 Å². The zero-order valence-corrected chi connectivity index (χ0v) is 10.6. The van der Waals surface area contributed by atoms with E-state index in [9.17, 15) is 0 Å². The molecule has 98 valence electrons. The molecule has 16 heavy (non-hydrogen) atoms. The molecule has 9 nitrogen and oxygen atoms in total. The van der Waals surface area contributed by atoms with Crippen LogP contribution < -0.4 is 29.2 Å². The molecule has 0 aromatic rings. The van der Waals surface area contributed by atoms with Gasteiger partial charge in [-0.05, 0) is 25.6 Å². The average Bonchev–Trinajstić information content (AvgIpc) is 1.72. The van der Waals surface area contributed by atoms with Crippen molar-refractivity contribution in [3.63, 3.8) is 0 Å². The second kappa shape index (κ2) is 4.14. The highest BCUT2D eigenvalue weighted by Crippen LogP contribution is 2.23. The van der Waals surface area contributed by atoms with Crippen LogP contribution in [0.2, 0.25) is 0 Å². The Hall–Kier alpha value is -0.360. The Labute approximate surface area is 95.6 Å². The molecule has 0 amide bonds. The van der Waals surface area contributed by atoms with Crippen LogP contribution in [0.4, 0.5) is 0 Å². The lowest BCUT2D eigenvalue weighted by Gasteiger charge is -2.40. The van der Waals surface area contributed by atoms with E-state index in [0.717, 1.165) is 0 Å². The van der Waals surface area contributed by atoms with Crippen molar-refractivity contribution in [2.24, 2.45) is 29.2 Å². The van der Waals surface area contributed by atoms with E-state index in [0.29, 0.717) is 0 Å². The number of hydroxylamine groups is 1. The third-order valence-corrected chi connectivity index (χ3v) is 1.65. The van der Waals surface area contributed by atoms with Gasteiger partial charge < -0.3 is 0 Å². The average molecular weight is 239 g/mol. The molecule has 0 aromatic heterocycles.